The van der Waals surface area contributed by atoms with Gasteiger partial charge >= 0.3 is 11.9 Å². The van der Waals surface area contributed by atoms with E-state index < -0.39 is 11.9 Å². The molecule has 9 heterocycles. The summed E-state index contributed by atoms with van der Waals surface area (Å²) in [5, 5.41) is 0. The summed E-state index contributed by atoms with van der Waals surface area (Å²) in [6.45, 7) is 26.9. The number of ether oxygens (including phenoxy) is 1. The van der Waals surface area contributed by atoms with Gasteiger partial charge in [-0.05, 0) is 74.3 Å². The van der Waals surface area contributed by atoms with Crippen LogP contribution in [0.4, 0.5) is 17.8 Å². The number of imide groups is 1. The van der Waals surface area contributed by atoms with E-state index in [9.17, 15) is 19.2 Å². The van der Waals surface area contributed by atoms with Crippen molar-refractivity contribution in [1.29, 1.82) is 0 Å². The molecule has 1 spiro atoms. The van der Waals surface area contributed by atoms with Crippen LogP contribution in [0.25, 0.3) is 0 Å². The number of unbranched alkanes of at least 4 members (excludes halogenated alkanes) is 2. The van der Waals surface area contributed by atoms with E-state index in [1.165, 1.54) is 61.4 Å². The van der Waals surface area contributed by atoms with Gasteiger partial charge in [-0.1, -0.05) is 42.5 Å². The number of hydrogen-bond acceptors (Lipinski definition) is 17. The van der Waals surface area contributed by atoms with Crippen molar-refractivity contribution < 1.29 is 45.4 Å². The third-order valence-corrected chi connectivity index (χ3v) is 13.8. The van der Waals surface area contributed by atoms with Crippen LogP contribution in [0.5, 0.6) is 0 Å². The number of quaternary nitrogens is 1. The van der Waals surface area contributed by atoms with Crippen LogP contribution in [-0.2, 0) is 23.9 Å². The van der Waals surface area contributed by atoms with Crippen molar-refractivity contribution in [3.05, 3.63) is 55.4 Å². The molecule has 6 saturated heterocycles. The van der Waals surface area contributed by atoms with E-state index in [1.54, 1.807) is 24.8 Å². The summed E-state index contributed by atoms with van der Waals surface area (Å²) in [5.41, 5.74) is 5.11. The highest BCUT2D eigenvalue weighted by Gasteiger charge is 2.38. The highest BCUT2D eigenvalue weighted by Crippen LogP contribution is 2.32. The van der Waals surface area contributed by atoms with E-state index in [4.69, 9.17) is 5.73 Å². The monoisotopic (exact) mass is 1070 g/mol. The number of likely N-dealkylation sites (tertiary alicyclic amines) is 1. The molecule has 6 fully saturated rings. The van der Waals surface area contributed by atoms with Crippen LogP contribution < -0.4 is 37.4 Å². The number of esters is 2. The number of nitrogens with two attached hydrogens (primary N) is 1. The fourth-order valence-electron chi connectivity index (χ4n) is 9.84. The first-order valence-electron chi connectivity index (χ1n) is 25.3. The average molecular weight is 1070 g/mol. The third kappa shape index (κ3) is 19.9. The predicted molar refractivity (Wildman–Crippen MR) is 279 cm³/mol. The Morgan fingerprint density at radius 2 is 0.847 bits per heavy atom. The zero-order valence-electron chi connectivity index (χ0n) is 42.3. The number of piperazine rings is 3. The molecule has 0 unspecified atom stereocenters. The Kier molecular flexibility index (Phi) is 26.0. The average Bonchev–Trinajstić information content (AvgIpc) is 3.79. The van der Waals surface area contributed by atoms with Gasteiger partial charge in [0.15, 0.2) is 0 Å². The molecule has 72 heavy (non-hydrogen) atoms. The molecule has 9 rings (SSSR count). The van der Waals surface area contributed by atoms with Gasteiger partial charge in [-0.25, -0.2) is 29.9 Å². The van der Waals surface area contributed by atoms with Crippen LogP contribution in [-0.4, -0.2) is 191 Å². The molecule has 2 amide bonds. The summed E-state index contributed by atoms with van der Waals surface area (Å²) in [7, 11) is 0. The smallest absolute Gasteiger partial charge is 0.313 e. The van der Waals surface area contributed by atoms with Gasteiger partial charge in [0.05, 0.1) is 52.1 Å². The van der Waals surface area contributed by atoms with Crippen molar-refractivity contribution in [1.82, 2.24) is 44.6 Å². The van der Waals surface area contributed by atoms with Crippen LogP contribution >= 0.6 is 0 Å². The van der Waals surface area contributed by atoms with Crippen molar-refractivity contribution in [2.24, 2.45) is 16.6 Å². The predicted octanol–water partition coefficient (Wildman–Crippen LogP) is 1.95. The molecule has 3 aromatic heterocycles. The minimum atomic E-state index is -0.402. The highest BCUT2D eigenvalue weighted by molar-refractivity contribution is 5.98. The van der Waals surface area contributed by atoms with Crippen molar-refractivity contribution in [3.63, 3.8) is 0 Å². The number of hydrogen-bond donors (Lipinski definition) is 1. The molecule has 0 aliphatic carbocycles. The summed E-state index contributed by atoms with van der Waals surface area (Å²) in [6, 6.07) is 5.56. The van der Waals surface area contributed by atoms with Gasteiger partial charge < -0.3 is 46.6 Å². The van der Waals surface area contributed by atoms with Crippen molar-refractivity contribution >= 4 is 41.6 Å². The number of piperidine rings is 1. The zero-order chi connectivity index (χ0) is 49.1. The Morgan fingerprint density at radius 3 is 1.22 bits per heavy atom. The number of carbonyl (C=O) groups excluding carboxylic acids is 4. The van der Waals surface area contributed by atoms with Gasteiger partial charge in [-0.15, -0.1) is 0 Å². The second kappa shape index (κ2) is 30.4. The molecule has 0 bridgehead atoms. The van der Waals surface area contributed by atoms with Crippen molar-refractivity contribution in [2.45, 2.75) is 107 Å². The topological polar surface area (TPSA) is 200 Å². The molecule has 20 heteroatoms. The summed E-state index contributed by atoms with van der Waals surface area (Å²) >= 11 is 0. The highest BCUT2D eigenvalue weighted by atomic mass is 79.9. The fourth-order valence-corrected chi connectivity index (χ4v) is 9.84. The van der Waals surface area contributed by atoms with Gasteiger partial charge in [0.2, 0.25) is 29.7 Å². The van der Waals surface area contributed by atoms with E-state index >= 15 is 0 Å². The number of nitrogens with zero attached hydrogens (tertiary/aromatic N) is 13. The second-order valence-electron chi connectivity index (χ2n) is 20.8. The summed E-state index contributed by atoms with van der Waals surface area (Å²) in [4.78, 5) is 84.6. The van der Waals surface area contributed by atoms with Crippen molar-refractivity contribution in [3.8, 4) is 0 Å². The molecule has 2 N–H and O–H groups in total. The standard InChI is InChI=1S/C19H29N5O2.C12H21N5.C12H19N4.C7H10O3.2CH4.BrH/c1-19(2)14-16(25)24(17(26)15-19)9-4-3-8-22-10-12-23(13-11-22)18-20-6-5-7-21-18;13-4-1-2-7-16-8-10-17(11-9-16)12-14-5-3-6-15-12;1-2-9-16(8-1)10-6-15(7-11-16)12-13-4-3-5-14-12;1-7(2)3-5(8)10-6(9)4-7;;;/h5-7H,3-4,8-15H2,1-2H3;3,5-6H,1-2,4,7-11,13H2;3-5H,1-2,6-11H2;3-4H2,1-2H3;2*1H4;1H/q;;+1;;;;/p-1. The normalized spacial score (nSPS) is 20.5. The van der Waals surface area contributed by atoms with Gasteiger partial charge in [-0.2, -0.15) is 0 Å². The zero-order valence-corrected chi connectivity index (χ0v) is 43.9. The van der Waals surface area contributed by atoms with Crippen LogP contribution in [0.15, 0.2) is 55.4 Å². The van der Waals surface area contributed by atoms with Gasteiger partial charge in [0, 0.05) is 122 Å². The molecule has 6 aliphatic heterocycles. The lowest BCUT2D eigenvalue weighted by Gasteiger charge is -2.41. The lowest BCUT2D eigenvalue weighted by atomic mass is 9.82. The van der Waals surface area contributed by atoms with Crippen LogP contribution in [0, 0.1) is 10.8 Å². The van der Waals surface area contributed by atoms with Gasteiger partial charge in [0.25, 0.3) is 0 Å². The minimum Gasteiger partial charge on any atom is -1.00 e. The summed E-state index contributed by atoms with van der Waals surface area (Å²) in [6.07, 6.45) is 19.5. The van der Waals surface area contributed by atoms with Crippen LogP contribution in [0.2, 0.25) is 0 Å². The minimum absolute atomic E-state index is 0. The molecular formula is C52H87BrN14O5. The van der Waals surface area contributed by atoms with E-state index in [0.717, 1.165) is 116 Å². The lowest BCUT2D eigenvalue weighted by Crippen LogP contribution is -3.00. The maximum atomic E-state index is 12.2. The Balaban J connectivity index is 0.000000262. The number of halogens is 1. The second-order valence-corrected chi connectivity index (χ2v) is 20.8. The molecule has 6 aliphatic rings. The van der Waals surface area contributed by atoms with Gasteiger partial charge in [0.1, 0.15) is 0 Å². The SMILES string of the molecule is C.C.CC1(C)CC(=O)N(CCCCN2CCN(c3ncccn3)CC2)C(=O)C1.CC1(C)CC(=O)OC(=O)C1.NCCCCN1CCN(c2ncccn2)CC1.[Br-].c1cnc(N2CC[N+]3(CCCC3)CC2)nc1. The first kappa shape index (κ1) is 61.5. The molecule has 0 aromatic carbocycles. The molecular weight excluding hydrogens is 981 g/mol. The number of aromatic nitrogens is 6. The molecule has 3 aromatic rings. The first-order chi connectivity index (χ1) is 33.2. The number of cyclic esters (lactones) is 2. The summed E-state index contributed by atoms with van der Waals surface area (Å²) < 4.78 is 5.69. The molecule has 0 atom stereocenters. The largest absolute Gasteiger partial charge is 1.00 e. The van der Waals surface area contributed by atoms with Crippen molar-refractivity contribution in [2.75, 3.05) is 133 Å². The van der Waals surface area contributed by atoms with E-state index in [-0.39, 0.29) is 54.5 Å². The van der Waals surface area contributed by atoms with Gasteiger partial charge in [-0.3, -0.25) is 33.9 Å². The van der Waals surface area contributed by atoms with Crippen LogP contribution in [0.3, 0.4) is 0 Å². The van der Waals surface area contributed by atoms with E-state index in [1.807, 2.05) is 58.3 Å². The first-order valence-corrected chi connectivity index (χ1v) is 25.3. The number of carbonyl (C=O) groups is 4. The molecule has 19 nitrogen and oxygen atoms in total. The third-order valence-electron chi connectivity index (χ3n) is 13.8. The number of anilines is 3. The van der Waals surface area contributed by atoms with E-state index in [2.05, 4.69) is 59.1 Å². The molecule has 0 saturated carbocycles. The fraction of sp³-hybridized carbons (Fsp3) is 0.692. The summed E-state index contributed by atoms with van der Waals surface area (Å²) in [5.74, 6) is 1.74. The quantitative estimate of drug-likeness (QED) is 0.0907. The Labute approximate surface area is 441 Å². The number of rotatable bonds is 12. The Morgan fingerprint density at radius 1 is 0.500 bits per heavy atom. The lowest BCUT2D eigenvalue weighted by molar-refractivity contribution is -0.917. The maximum Gasteiger partial charge on any atom is 0.313 e. The number of amides is 2. The maximum absolute atomic E-state index is 12.2. The van der Waals surface area contributed by atoms with E-state index in [0.29, 0.717) is 32.2 Å². The Hall–Kier alpha value is -4.76. The van der Waals surface area contributed by atoms with Crippen LogP contribution in [0.1, 0.15) is 107 Å². The molecule has 402 valence electrons. The molecule has 0 radical (unpaired) electrons. The Bertz CT molecular complexity index is 1990.